The first-order chi connectivity index (χ1) is 19.4. The maximum Gasteiger partial charge on any atom is 0.331 e. The summed E-state index contributed by atoms with van der Waals surface area (Å²) in [6.07, 6.45) is 6.13. The van der Waals surface area contributed by atoms with Gasteiger partial charge in [0.1, 0.15) is 15.5 Å². The molecule has 202 valence electrons. The molecule has 2 N–H and O–H groups in total. The molecule has 11 heteroatoms. The largest absolute Gasteiger partial charge is 0.439 e. The van der Waals surface area contributed by atoms with Gasteiger partial charge in [-0.1, -0.05) is 12.6 Å². The van der Waals surface area contributed by atoms with Crippen LogP contribution in [0.1, 0.15) is 28.1 Å². The van der Waals surface area contributed by atoms with Gasteiger partial charge in [-0.05, 0) is 61.7 Å². The van der Waals surface area contributed by atoms with Gasteiger partial charge >= 0.3 is 6.03 Å². The van der Waals surface area contributed by atoms with Gasteiger partial charge in [0.15, 0.2) is 0 Å². The summed E-state index contributed by atoms with van der Waals surface area (Å²) in [5.41, 5.74) is 2.59. The van der Waals surface area contributed by atoms with Crippen molar-refractivity contribution >= 4 is 56.5 Å². The average molecular weight is 555 g/mol. The second-order valence-electron chi connectivity index (χ2n) is 9.60. The van der Waals surface area contributed by atoms with Crippen molar-refractivity contribution in [3.05, 3.63) is 78.0 Å². The van der Waals surface area contributed by atoms with E-state index in [0.717, 1.165) is 18.4 Å². The van der Waals surface area contributed by atoms with E-state index in [2.05, 4.69) is 27.2 Å². The van der Waals surface area contributed by atoms with E-state index in [1.54, 1.807) is 40.4 Å². The number of aromatic nitrogens is 2. The van der Waals surface area contributed by atoms with Crippen molar-refractivity contribution in [3.63, 3.8) is 0 Å². The van der Waals surface area contributed by atoms with Crippen molar-refractivity contribution in [1.82, 2.24) is 20.2 Å². The van der Waals surface area contributed by atoms with Gasteiger partial charge in [0.25, 0.3) is 5.91 Å². The highest BCUT2D eigenvalue weighted by atomic mass is 32.1. The number of rotatable bonds is 6. The van der Waals surface area contributed by atoms with Gasteiger partial charge in [0.2, 0.25) is 11.8 Å². The van der Waals surface area contributed by atoms with Crippen molar-refractivity contribution in [2.24, 2.45) is 0 Å². The molecule has 0 bridgehead atoms. The second kappa shape index (κ2) is 10.4. The molecule has 0 spiro atoms. The number of likely N-dealkylation sites (tertiary alicyclic amines) is 1. The van der Waals surface area contributed by atoms with Crippen LogP contribution in [0.15, 0.2) is 67.5 Å². The van der Waals surface area contributed by atoms with Crippen molar-refractivity contribution in [3.8, 4) is 11.6 Å². The molecule has 40 heavy (non-hydrogen) atoms. The number of ether oxygens (including phenoxy) is 1. The summed E-state index contributed by atoms with van der Waals surface area (Å²) in [4.78, 5) is 52.0. The van der Waals surface area contributed by atoms with Crippen LogP contribution in [0.4, 0.5) is 21.9 Å². The Morgan fingerprint density at radius 1 is 1.18 bits per heavy atom. The van der Waals surface area contributed by atoms with Crippen LogP contribution in [-0.4, -0.2) is 51.8 Å². The predicted molar refractivity (Wildman–Crippen MR) is 154 cm³/mol. The Labute approximate surface area is 234 Å². The van der Waals surface area contributed by atoms with E-state index in [1.165, 1.54) is 17.4 Å². The van der Waals surface area contributed by atoms with Gasteiger partial charge in [-0.2, -0.15) is 0 Å². The Hall–Kier alpha value is -4.77. The number of hydrogen-bond acceptors (Lipinski definition) is 7. The van der Waals surface area contributed by atoms with Gasteiger partial charge in [-0.3, -0.25) is 14.5 Å². The van der Waals surface area contributed by atoms with E-state index in [-0.39, 0.29) is 23.9 Å². The van der Waals surface area contributed by atoms with Gasteiger partial charge < -0.3 is 20.3 Å². The third-order valence-electron chi connectivity index (χ3n) is 6.96. The quantitative estimate of drug-likeness (QED) is 0.309. The smallest absolute Gasteiger partial charge is 0.331 e. The Bertz CT molecular complexity index is 1650. The summed E-state index contributed by atoms with van der Waals surface area (Å²) in [6.45, 7) is 6.51. The fraction of sp³-hybridized carbons (Fsp3) is 0.207. The minimum absolute atomic E-state index is 0.149. The highest BCUT2D eigenvalue weighted by molar-refractivity contribution is 7.21. The van der Waals surface area contributed by atoms with E-state index < -0.39 is 0 Å². The normalized spacial score (nSPS) is 16.4. The Kier molecular flexibility index (Phi) is 6.64. The fourth-order valence-electron chi connectivity index (χ4n) is 5.13. The molecule has 4 amide bonds. The summed E-state index contributed by atoms with van der Waals surface area (Å²) in [5.74, 6) is 0.623. The number of benzene rings is 1. The average Bonchev–Trinajstić information content (AvgIpc) is 3.33. The van der Waals surface area contributed by atoms with E-state index in [0.29, 0.717) is 56.9 Å². The zero-order valence-corrected chi connectivity index (χ0v) is 22.5. The molecule has 1 fully saturated rings. The molecule has 1 atom stereocenters. The lowest BCUT2D eigenvalue weighted by Crippen LogP contribution is -2.49. The van der Waals surface area contributed by atoms with Crippen LogP contribution in [0.2, 0.25) is 0 Å². The summed E-state index contributed by atoms with van der Waals surface area (Å²) in [6, 6.07) is 12.1. The van der Waals surface area contributed by atoms with E-state index in [4.69, 9.17) is 4.74 Å². The monoisotopic (exact) mass is 554 g/mol. The lowest BCUT2D eigenvalue weighted by molar-refractivity contribution is -0.127. The standard InChI is InChI=1S/C29H26N6O4S/c1-3-23(36)34-14-6-7-18(16-34)32-27(37)26-25-24-21(11-13-31-28(24)40-26)35(29(38)33-25)20-10-9-19(15-17(20)2)39-22-8-4-5-12-30-22/h3-5,8-13,15,18H,1,6-7,14,16H2,2H3,(H,32,37)(H,33,38). The van der Waals surface area contributed by atoms with Crippen LogP contribution in [-0.2, 0) is 4.79 Å². The number of anilines is 3. The van der Waals surface area contributed by atoms with Crippen molar-refractivity contribution in [2.75, 3.05) is 23.3 Å². The molecule has 1 aromatic carbocycles. The second-order valence-corrected chi connectivity index (χ2v) is 10.6. The van der Waals surface area contributed by atoms with Crippen LogP contribution in [0.5, 0.6) is 11.6 Å². The summed E-state index contributed by atoms with van der Waals surface area (Å²) in [7, 11) is 0. The van der Waals surface area contributed by atoms with Crippen LogP contribution in [0.25, 0.3) is 10.2 Å². The maximum atomic E-state index is 13.5. The fourth-order valence-corrected chi connectivity index (χ4v) is 6.15. The number of carbonyl (C=O) groups is 3. The first kappa shape index (κ1) is 25.5. The minimum Gasteiger partial charge on any atom is -0.439 e. The number of piperidine rings is 1. The molecule has 0 radical (unpaired) electrons. The lowest BCUT2D eigenvalue weighted by Gasteiger charge is -2.32. The summed E-state index contributed by atoms with van der Waals surface area (Å²) in [5, 5.41) is 6.69. The molecule has 2 aliphatic rings. The molecule has 0 saturated carbocycles. The van der Waals surface area contributed by atoms with Crippen molar-refractivity contribution in [1.29, 1.82) is 0 Å². The zero-order chi connectivity index (χ0) is 27.8. The van der Waals surface area contributed by atoms with Crippen LogP contribution >= 0.6 is 11.3 Å². The van der Waals surface area contributed by atoms with Crippen molar-refractivity contribution < 1.29 is 19.1 Å². The maximum absolute atomic E-state index is 13.5. The highest BCUT2D eigenvalue weighted by Crippen LogP contribution is 2.46. The molecular formula is C29H26N6O4S. The summed E-state index contributed by atoms with van der Waals surface area (Å²) < 4.78 is 5.85. The topological polar surface area (TPSA) is 117 Å². The molecule has 2 aliphatic heterocycles. The lowest BCUT2D eigenvalue weighted by atomic mass is 10.1. The zero-order valence-electron chi connectivity index (χ0n) is 21.7. The number of nitrogens with zero attached hydrogens (tertiary/aromatic N) is 4. The van der Waals surface area contributed by atoms with E-state index in [1.807, 2.05) is 31.2 Å². The highest BCUT2D eigenvalue weighted by Gasteiger charge is 2.34. The summed E-state index contributed by atoms with van der Waals surface area (Å²) >= 11 is 1.23. The molecule has 10 nitrogen and oxygen atoms in total. The predicted octanol–water partition coefficient (Wildman–Crippen LogP) is 5.38. The number of hydrogen-bond donors (Lipinski definition) is 2. The van der Waals surface area contributed by atoms with E-state index in [9.17, 15) is 14.4 Å². The third-order valence-corrected chi connectivity index (χ3v) is 8.06. The molecule has 4 aromatic rings. The number of amides is 4. The SMILES string of the molecule is C=CC(=O)N1CCCC(NC(=O)c2sc3nccc4c3c2NC(=O)N4c2ccc(Oc3ccccn3)cc2C)C1. The number of urea groups is 1. The number of thiophene rings is 1. The number of nitrogens with one attached hydrogen (secondary N) is 2. The molecular weight excluding hydrogens is 528 g/mol. The van der Waals surface area contributed by atoms with Crippen LogP contribution < -0.4 is 20.3 Å². The Morgan fingerprint density at radius 2 is 2.05 bits per heavy atom. The van der Waals surface area contributed by atoms with Gasteiger partial charge in [0.05, 0.1) is 22.4 Å². The molecule has 6 rings (SSSR count). The Morgan fingerprint density at radius 3 is 2.83 bits per heavy atom. The van der Waals surface area contributed by atoms with E-state index >= 15 is 0 Å². The number of pyridine rings is 2. The Balaban J connectivity index is 1.29. The van der Waals surface area contributed by atoms with Crippen LogP contribution in [0.3, 0.4) is 0 Å². The van der Waals surface area contributed by atoms with Crippen LogP contribution in [0, 0.1) is 6.92 Å². The third kappa shape index (κ3) is 4.64. The molecule has 1 saturated heterocycles. The molecule has 0 aliphatic carbocycles. The number of aryl methyl sites for hydroxylation is 1. The molecule has 3 aromatic heterocycles. The molecule has 5 heterocycles. The number of carbonyl (C=O) groups excluding carboxylic acids is 3. The minimum atomic E-state index is -0.380. The van der Waals surface area contributed by atoms with Crippen molar-refractivity contribution in [2.45, 2.75) is 25.8 Å². The first-order valence-electron chi connectivity index (χ1n) is 12.9. The first-order valence-corrected chi connectivity index (χ1v) is 13.7. The molecule has 1 unspecified atom stereocenters. The van der Waals surface area contributed by atoms with Gasteiger partial charge in [-0.15, -0.1) is 11.3 Å². The van der Waals surface area contributed by atoms with Gasteiger partial charge in [0, 0.05) is 37.6 Å². The van der Waals surface area contributed by atoms with Gasteiger partial charge in [-0.25, -0.2) is 14.8 Å².